The van der Waals surface area contributed by atoms with Crippen LogP contribution in [0.3, 0.4) is 0 Å². The van der Waals surface area contributed by atoms with Crippen molar-refractivity contribution in [1.29, 1.82) is 0 Å². The molecule has 2 aromatic carbocycles. The molecule has 2 aromatic rings. The van der Waals surface area contributed by atoms with E-state index >= 15 is 0 Å². The molecule has 0 radical (unpaired) electrons. The average molecular weight is 382 g/mol. The summed E-state index contributed by atoms with van der Waals surface area (Å²) >= 11 is 0. The van der Waals surface area contributed by atoms with Crippen LogP contribution in [0, 0.1) is 35.3 Å². The van der Waals surface area contributed by atoms with E-state index in [1.54, 1.807) is 52.0 Å². The summed E-state index contributed by atoms with van der Waals surface area (Å²) in [5, 5.41) is 0. The lowest BCUT2D eigenvalue weighted by Crippen LogP contribution is -2.32. The SMILES string of the molecule is CC(C)(C#Cc1ccccc1F)OC(=O)OC(C)(C)C#Cc1ccccc1F. The summed E-state index contributed by atoms with van der Waals surface area (Å²) in [6.07, 6.45) is -0.985. The van der Waals surface area contributed by atoms with Crippen LogP contribution in [-0.2, 0) is 9.47 Å². The molecule has 0 N–H and O–H groups in total. The smallest absolute Gasteiger partial charge is 0.415 e. The average Bonchev–Trinajstić information content (AvgIpc) is 2.59. The zero-order valence-electron chi connectivity index (χ0n) is 16.1. The lowest BCUT2D eigenvalue weighted by Gasteiger charge is -2.23. The van der Waals surface area contributed by atoms with E-state index in [1.165, 1.54) is 24.3 Å². The topological polar surface area (TPSA) is 35.5 Å². The molecule has 0 aromatic heterocycles. The molecule has 144 valence electrons. The van der Waals surface area contributed by atoms with Crippen molar-refractivity contribution < 1.29 is 23.0 Å². The van der Waals surface area contributed by atoms with Crippen LogP contribution in [0.4, 0.5) is 13.6 Å². The van der Waals surface area contributed by atoms with Gasteiger partial charge in [-0.15, -0.1) is 0 Å². The normalized spacial score (nSPS) is 10.8. The van der Waals surface area contributed by atoms with E-state index in [4.69, 9.17) is 9.47 Å². The number of ether oxygens (including phenoxy) is 2. The minimum absolute atomic E-state index is 0.198. The summed E-state index contributed by atoms with van der Waals surface area (Å²) < 4.78 is 37.7. The summed E-state index contributed by atoms with van der Waals surface area (Å²) in [7, 11) is 0. The van der Waals surface area contributed by atoms with E-state index in [2.05, 4.69) is 23.7 Å². The van der Waals surface area contributed by atoms with Crippen molar-refractivity contribution in [2.24, 2.45) is 0 Å². The number of hydrogen-bond acceptors (Lipinski definition) is 3. The lowest BCUT2D eigenvalue weighted by atomic mass is 10.1. The Morgan fingerprint density at radius 1 is 0.750 bits per heavy atom. The van der Waals surface area contributed by atoms with Crippen LogP contribution in [0.5, 0.6) is 0 Å². The minimum atomic E-state index is -1.21. The summed E-state index contributed by atoms with van der Waals surface area (Å²) in [6.45, 7) is 6.22. The van der Waals surface area contributed by atoms with Gasteiger partial charge < -0.3 is 9.47 Å². The second-order valence-electron chi connectivity index (χ2n) is 6.93. The van der Waals surface area contributed by atoms with Crippen molar-refractivity contribution in [2.45, 2.75) is 38.9 Å². The molecule has 0 heterocycles. The Hall–Kier alpha value is -3.31. The first-order valence-corrected chi connectivity index (χ1v) is 8.55. The van der Waals surface area contributed by atoms with Crippen molar-refractivity contribution >= 4 is 6.16 Å². The van der Waals surface area contributed by atoms with Crippen LogP contribution in [-0.4, -0.2) is 17.4 Å². The van der Waals surface area contributed by atoms with Crippen molar-refractivity contribution in [3.05, 3.63) is 71.3 Å². The lowest BCUT2D eigenvalue weighted by molar-refractivity contribution is -0.0230. The van der Waals surface area contributed by atoms with E-state index in [0.717, 1.165) is 0 Å². The van der Waals surface area contributed by atoms with Crippen molar-refractivity contribution in [3.63, 3.8) is 0 Å². The van der Waals surface area contributed by atoms with Crippen LogP contribution >= 0.6 is 0 Å². The van der Waals surface area contributed by atoms with Gasteiger partial charge in [0.15, 0.2) is 11.2 Å². The Bertz CT molecular complexity index is 906. The molecule has 0 aliphatic rings. The quantitative estimate of drug-likeness (QED) is 0.537. The van der Waals surface area contributed by atoms with Gasteiger partial charge in [0, 0.05) is 0 Å². The first kappa shape index (κ1) is 21.0. The molecule has 0 atom stereocenters. The molecule has 0 fully saturated rings. The van der Waals surface area contributed by atoms with Crippen LogP contribution in [0.15, 0.2) is 48.5 Å². The highest BCUT2D eigenvalue weighted by atomic mass is 19.1. The largest absolute Gasteiger partial charge is 0.511 e. The fraction of sp³-hybridized carbons (Fsp3) is 0.261. The van der Waals surface area contributed by atoms with Crippen molar-refractivity contribution in [2.75, 3.05) is 0 Å². The second-order valence-corrected chi connectivity index (χ2v) is 6.93. The van der Waals surface area contributed by atoms with Gasteiger partial charge in [-0.1, -0.05) is 47.9 Å². The van der Waals surface area contributed by atoms with Gasteiger partial charge in [0.25, 0.3) is 0 Å². The third kappa shape index (κ3) is 6.45. The Kier molecular flexibility index (Phi) is 6.44. The zero-order valence-corrected chi connectivity index (χ0v) is 16.1. The first-order valence-electron chi connectivity index (χ1n) is 8.55. The monoisotopic (exact) mass is 382 g/mol. The first-order chi connectivity index (χ1) is 13.1. The maximum absolute atomic E-state index is 13.6. The van der Waals surface area contributed by atoms with Gasteiger partial charge in [-0.25, -0.2) is 13.6 Å². The number of rotatable bonds is 2. The molecule has 0 spiro atoms. The Morgan fingerprint density at radius 2 is 1.11 bits per heavy atom. The highest BCUT2D eigenvalue weighted by molar-refractivity contribution is 5.62. The predicted molar refractivity (Wildman–Crippen MR) is 102 cm³/mol. The van der Waals surface area contributed by atoms with Gasteiger partial charge >= 0.3 is 6.16 Å². The van der Waals surface area contributed by atoms with E-state index in [0.29, 0.717) is 0 Å². The molecule has 0 saturated carbocycles. The molecule has 0 amide bonds. The fourth-order valence-electron chi connectivity index (χ4n) is 2.05. The Labute approximate surface area is 163 Å². The highest BCUT2D eigenvalue weighted by Gasteiger charge is 2.27. The molecule has 0 aliphatic carbocycles. The fourth-order valence-corrected chi connectivity index (χ4v) is 2.05. The maximum Gasteiger partial charge on any atom is 0.511 e. The third-order valence-electron chi connectivity index (χ3n) is 3.42. The molecule has 0 bridgehead atoms. The number of hydrogen-bond donors (Lipinski definition) is 0. The second kappa shape index (κ2) is 8.59. The van der Waals surface area contributed by atoms with Crippen LogP contribution < -0.4 is 0 Å². The van der Waals surface area contributed by atoms with E-state index in [-0.39, 0.29) is 11.1 Å². The zero-order chi connectivity index (χ0) is 20.8. The number of benzene rings is 2. The predicted octanol–water partition coefficient (Wildman–Crippen LogP) is 5.08. The van der Waals surface area contributed by atoms with E-state index < -0.39 is 29.0 Å². The van der Waals surface area contributed by atoms with Gasteiger partial charge in [0.1, 0.15) is 11.6 Å². The molecule has 3 nitrogen and oxygen atoms in total. The number of carbonyl (C=O) groups excluding carboxylic acids is 1. The van der Waals surface area contributed by atoms with Gasteiger partial charge in [0.2, 0.25) is 0 Å². The molecule has 28 heavy (non-hydrogen) atoms. The van der Waals surface area contributed by atoms with E-state index in [9.17, 15) is 13.6 Å². The summed E-state index contributed by atoms with van der Waals surface area (Å²) in [4.78, 5) is 12.1. The van der Waals surface area contributed by atoms with Gasteiger partial charge in [-0.05, 0) is 52.0 Å². The Balaban J connectivity index is 2.04. The molecule has 0 unspecified atom stereocenters. The van der Waals surface area contributed by atoms with Crippen LogP contribution in [0.25, 0.3) is 0 Å². The Morgan fingerprint density at radius 3 is 1.46 bits per heavy atom. The highest BCUT2D eigenvalue weighted by Crippen LogP contribution is 2.16. The molecule has 5 heteroatoms. The molecular formula is C23H20F2O3. The van der Waals surface area contributed by atoms with Crippen molar-refractivity contribution in [1.82, 2.24) is 0 Å². The number of halogens is 2. The van der Waals surface area contributed by atoms with Crippen LogP contribution in [0.1, 0.15) is 38.8 Å². The van der Waals surface area contributed by atoms with Crippen molar-refractivity contribution in [3.8, 4) is 23.7 Å². The third-order valence-corrected chi connectivity index (χ3v) is 3.42. The summed E-state index contributed by atoms with van der Waals surface area (Å²) in [6, 6.07) is 12.1. The molecule has 2 rings (SSSR count). The molecular weight excluding hydrogens is 362 g/mol. The van der Waals surface area contributed by atoms with Crippen LogP contribution in [0.2, 0.25) is 0 Å². The van der Waals surface area contributed by atoms with Gasteiger partial charge in [-0.2, -0.15) is 0 Å². The van der Waals surface area contributed by atoms with E-state index in [1.807, 2.05) is 0 Å². The molecule has 0 saturated heterocycles. The summed E-state index contributed by atoms with van der Waals surface area (Å²) in [5.41, 5.74) is -2.03. The molecule has 0 aliphatic heterocycles. The number of carbonyl (C=O) groups is 1. The summed E-state index contributed by atoms with van der Waals surface area (Å²) in [5.74, 6) is 9.77. The standard InChI is InChI=1S/C23H20F2O3/c1-22(2,15-13-17-9-5-7-11-19(17)24)27-21(26)28-23(3,4)16-14-18-10-6-8-12-20(18)25/h5-12H,1-4H3. The van der Waals surface area contributed by atoms with Gasteiger partial charge in [-0.3, -0.25) is 0 Å². The maximum atomic E-state index is 13.6. The minimum Gasteiger partial charge on any atom is -0.415 e. The van der Waals surface area contributed by atoms with Gasteiger partial charge in [0.05, 0.1) is 11.1 Å².